The molecule has 2 aromatic carbocycles. The van der Waals surface area contributed by atoms with Gasteiger partial charge in [-0.1, -0.05) is 29.5 Å². The smallest absolute Gasteiger partial charge is 0.382 e. The second-order valence-electron chi connectivity index (χ2n) is 5.18. The third-order valence-electron chi connectivity index (χ3n) is 3.48. The number of alkyl halides is 3. The predicted octanol–water partition coefficient (Wildman–Crippen LogP) is 3.26. The summed E-state index contributed by atoms with van der Waals surface area (Å²) in [6.07, 6.45) is -4.65. The largest absolute Gasteiger partial charge is 0.418 e. The van der Waals surface area contributed by atoms with Crippen LogP contribution in [0.2, 0.25) is 0 Å². The fraction of sp³-hybridized carbons (Fsp3) is 0.0625. The monoisotopic (exact) mass is 365 g/mol. The number of nitrogens with zero attached hydrogens (tertiary/aromatic N) is 3. The van der Waals surface area contributed by atoms with Crippen LogP contribution in [0, 0.1) is 5.82 Å². The third-order valence-corrected chi connectivity index (χ3v) is 3.48. The molecule has 1 aromatic heterocycles. The normalized spacial score (nSPS) is 11.4. The molecule has 1 amide bonds. The molecule has 0 atom stereocenters. The van der Waals surface area contributed by atoms with E-state index in [9.17, 15) is 22.4 Å². The molecule has 0 bridgehead atoms. The van der Waals surface area contributed by atoms with Crippen molar-refractivity contribution in [3.05, 3.63) is 65.6 Å². The number of hydrogen-bond donors (Lipinski definition) is 2. The summed E-state index contributed by atoms with van der Waals surface area (Å²) in [5.74, 6) is -1.99. The first kappa shape index (κ1) is 17.4. The minimum atomic E-state index is -4.65. The van der Waals surface area contributed by atoms with Crippen LogP contribution in [0.4, 0.5) is 29.1 Å². The summed E-state index contributed by atoms with van der Waals surface area (Å²) in [4.78, 5) is 12.2. The van der Waals surface area contributed by atoms with Gasteiger partial charge in [0.1, 0.15) is 5.82 Å². The number of para-hydroxylation sites is 2. The lowest BCUT2D eigenvalue weighted by molar-refractivity contribution is -0.137. The Morgan fingerprint density at radius 3 is 2.42 bits per heavy atom. The zero-order valence-electron chi connectivity index (χ0n) is 13.0. The van der Waals surface area contributed by atoms with Gasteiger partial charge in [-0.3, -0.25) is 4.79 Å². The zero-order valence-corrected chi connectivity index (χ0v) is 13.0. The lowest BCUT2D eigenvalue weighted by atomic mass is 10.1. The molecule has 0 saturated carbocycles. The molecule has 0 radical (unpaired) electrons. The number of halogens is 4. The van der Waals surface area contributed by atoms with Crippen LogP contribution in [0.3, 0.4) is 0 Å². The number of carbonyl (C=O) groups excluding carboxylic acids is 1. The van der Waals surface area contributed by atoms with Gasteiger partial charge in [0.25, 0.3) is 5.91 Å². The van der Waals surface area contributed by atoms with Gasteiger partial charge in [0.2, 0.25) is 0 Å². The summed E-state index contributed by atoms with van der Waals surface area (Å²) in [6.45, 7) is 0. The first-order valence-electron chi connectivity index (χ1n) is 7.22. The van der Waals surface area contributed by atoms with E-state index in [0.717, 1.165) is 18.2 Å². The second kappa shape index (κ2) is 6.47. The molecular formula is C16H11F4N5O. The number of nitrogens with one attached hydrogen (secondary N) is 1. The molecule has 0 spiro atoms. The lowest BCUT2D eigenvalue weighted by Crippen LogP contribution is -2.16. The van der Waals surface area contributed by atoms with Crippen molar-refractivity contribution in [1.82, 2.24) is 15.0 Å². The van der Waals surface area contributed by atoms with Crippen molar-refractivity contribution in [2.75, 3.05) is 11.1 Å². The molecule has 0 unspecified atom stereocenters. The minimum Gasteiger partial charge on any atom is -0.382 e. The summed E-state index contributed by atoms with van der Waals surface area (Å²) in [5.41, 5.74) is 3.84. The van der Waals surface area contributed by atoms with Crippen LogP contribution in [0.5, 0.6) is 0 Å². The van der Waals surface area contributed by atoms with E-state index in [1.807, 2.05) is 0 Å². The van der Waals surface area contributed by atoms with Crippen molar-refractivity contribution < 1.29 is 22.4 Å². The van der Waals surface area contributed by atoms with Gasteiger partial charge in [-0.25, -0.2) is 4.39 Å². The summed E-state index contributed by atoms with van der Waals surface area (Å²) >= 11 is 0. The standard InChI is InChI=1S/C16H11F4N5O/c17-10-6-2-3-7-11(10)22-15(26)13-14(21)25(24-23-13)12-8-4-1-5-9(12)16(18,19)20/h1-8H,21H2,(H,22,26). The van der Waals surface area contributed by atoms with E-state index in [-0.39, 0.29) is 11.4 Å². The maximum Gasteiger partial charge on any atom is 0.418 e. The average molecular weight is 365 g/mol. The van der Waals surface area contributed by atoms with E-state index in [2.05, 4.69) is 15.6 Å². The zero-order chi connectivity index (χ0) is 18.9. The molecule has 10 heteroatoms. The van der Waals surface area contributed by atoms with Gasteiger partial charge in [-0.2, -0.15) is 17.9 Å². The highest BCUT2D eigenvalue weighted by atomic mass is 19.4. The average Bonchev–Trinajstić information content (AvgIpc) is 2.97. The SMILES string of the molecule is Nc1c(C(=O)Nc2ccccc2F)nnn1-c1ccccc1C(F)(F)F. The third kappa shape index (κ3) is 3.21. The lowest BCUT2D eigenvalue weighted by Gasteiger charge is -2.12. The van der Waals surface area contributed by atoms with Crippen molar-refractivity contribution in [2.45, 2.75) is 6.18 Å². The summed E-state index contributed by atoms with van der Waals surface area (Å²) in [7, 11) is 0. The molecule has 6 nitrogen and oxygen atoms in total. The van der Waals surface area contributed by atoms with Crippen LogP contribution in [-0.4, -0.2) is 20.9 Å². The highest BCUT2D eigenvalue weighted by molar-refractivity contribution is 6.05. The number of carbonyl (C=O) groups is 1. The van der Waals surface area contributed by atoms with E-state index < -0.39 is 35.0 Å². The highest BCUT2D eigenvalue weighted by Crippen LogP contribution is 2.34. The maximum atomic E-state index is 13.6. The number of benzene rings is 2. The molecule has 0 aliphatic rings. The van der Waals surface area contributed by atoms with Crippen LogP contribution in [0.1, 0.15) is 16.1 Å². The molecule has 0 aliphatic heterocycles. The Kier molecular flexibility index (Phi) is 4.33. The van der Waals surface area contributed by atoms with E-state index in [4.69, 9.17) is 5.73 Å². The predicted molar refractivity (Wildman–Crippen MR) is 85.1 cm³/mol. The second-order valence-corrected chi connectivity index (χ2v) is 5.18. The molecule has 0 fully saturated rings. The van der Waals surface area contributed by atoms with Gasteiger partial charge < -0.3 is 11.1 Å². The Hall–Kier alpha value is -3.43. The van der Waals surface area contributed by atoms with Gasteiger partial charge >= 0.3 is 6.18 Å². The van der Waals surface area contributed by atoms with Gasteiger partial charge in [0.15, 0.2) is 11.5 Å². The quantitative estimate of drug-likeness (QED) is 0.698. The van der Waals surface area contributed by atoms with E-state index in [1.165, 1.54) is 30.3 Å². The summed E-state index contributed by atoms with van der Waals surface area (Å²) in [6, 6.07) is 9.96. The Balaban J connectivity index is 1.97. The number of hydrogen-bond acceptors (Lipinski definition) is 4. The van der Waals surface area contributed by atoms with Gasteiger partial charge in [0, 0.05) is 0 Å². The fourth-order valence-corrected chi connectivity index (χ4v) is 2.27. The number of nitrogens with two attached hydrogens (primary N) is 1. The summed E-state index contributed by atoms with van der Waals surface area (Å²) in [5, 5.41) is 9.30. The summed E-state index contributed by atoms with van der Waals surface area (Å²) < 4.78 is 53.7. The molecule has 3 rings (SSSR count). The van der Waals surface area contributed by atoms with Gasteiger partial charge in [-0.05, 0) is 24.3 Å². The molecule has 134 valence electrons. The van der Waals surface area contributed by atoms with Crippen LogP contribution >= 0.6 is 0 Å². The van der Waals surface area contributed by atoms with Crippen LogP contribution in [0.25, 0.3) is 5.69 Å². The Morgan fingerprint density at radius 2 is 1.73 bits per heavy atom. The van der Waals surface area contributed by atoms with E-state index in [0.29, 0.717) is 4.68 Å². The van der Waals surface area contributed by atoms with E-state index in [1.54, 1.807) is 0 Å². The van der Waals surface area contributed by atoms with Crippen molar-refractivity contribution in [1.29, 1.82) is 0 Å². The maximum absolute atomic E-state index is 13.6. The van der Waals surface area contributed by atoms with Crippen LogP contribution in [-0.2, 0) is 6.18 Å². The van der Waals surface area contributed by atoms with E-state index >= 15 is 0 Å². The number of anilines is 2. The number of rotatable bonds is 3. The Bertz CT molecular complexity index is 967. The van der Waals surface area contributed by atoms with Crippen LogP contribution < -0.4 is 11.1 Å². The minimum absolute atomic E-state index is 0.123. The molecule has 3 N–H and O–H groups in total. The molecular weight excluding hydrogens is 354 g/mol. The molecule has 1 heterocycles. The van der Waals surface area contributed by atoms with Crippen molar-refractivity contribution in [3.8, 4) is 5.69 Å². The first-order chi connectivity index (χ1) is 12.3. The fourth-order valence-electron chi connectivity index (χ4n) is 2.27. The number of amides is 1. The highest BCUT2D eigenvalue weighted by Gasteiger charge is 2.35. The molecule has 3 aromatic rings. The van der Waals surface area contributed by atoms with Gasteiger partial charge in [0.05, 0.1) is 16.9 Å². The van der Waals surface area contributed by atoms with Crippen molar-refractivity contribution in [2.24, 2.45) is 0 Å². The van der Waals surface area contributed by atoms with Crippen LogP contribution in [0.15, 0.2) is 48.5 Å². The topological polar surface area (TPSA) is 85.8 Å². The Labute approximate surface area is 144 Å². The van der Waals surface area contributed by atoms with Gasteiger partial charge in [-0.15, -0.1) is 5.10 Å². The number of aromatic nitrogens is 3. The van der Waals surface area contributed by atoms with Crippen molar-refractivity contribution >= 4 is 17.4 Å². The molecule has 0 aliphatic carbocycles. The molecule has 0 saturated heterocycles. The van der Waals surface area contributed by atoms with Crippen molar-refractivity contribution in [3.63, 3.8) is 0 Å². The number of nitrogen functional groups attached to an aromatic ring is 1. The molecule has 26 heavy (non-hydrogen) atoms. The Morgan fingerprint density at radius 1 is 1.08 bits per heavy atom. The first-order valence-corrected chi connectivity index (χ1v) is 7.22.